The Bertz CT molecular complexity index is 555. The Morgan fingerprint density at radius 1 is 1.15 bits per heavy atom. The van der Waals surface area contributed by atoms with Crippen molar-refractivity contribution in [1.82, 2.24) is 5.32 Å². The number of para-hydroxylation sites is 1. The number of nitrogens with one attached hydrogen (secondary N) is 1. The molecule has 0 spiro atoms. The van der Waals surface area contributed by atoms with Crippen molar-refractivity contribution < 1.29 is 9.84 Å². The summed E-state index contributed by atoms with van der Waals surface area (Å²) in [5.74, 6) is 0.705. The number of hydrogen-bond donors (Lipinski definition) is 2. The van der Waals surface area contributed by atoms with Gasteiger partial charge in [-0.25, -0.2) is 0 Å². The van der Waals surface area contributed by atoms with Gasteiger partial charge in [0.15, 0.2) is 11.5 Å². The lowest BCUT2D eigenvalue weighted by atomic mass is 10.1. The third-order valence-electron chi connectivity index (χ3n) is 3.12. The third-order valence-corrected chi connectivity index (χ3v) is 3.37. The fraction of sp³-hybridized carbons (Fsp3) is 0.250. The highest BCUT2D eigenvalue weighted by Gasteiger charge is 2.06. The van der Waals surface area contributed by atoms with Gasteiger partial charge < -0.3 is 15.2 Å². The van der Waals surface area contributed by atoms with Crippen molar-refractivity contribution in [2.24, 2.45) is 0 Å². The number of ether oxygens (including phenoxy) is 1. The number of benzene rings is 2. The van der Waals surface area contributed by atoms with Crippen LogP contribution < -0.4 is 10.1 Å². The molecular formula is C16H18ClNO2. The summed E-state index contributed by atoms with van der Waals surface area (Å²) in [6.07, 6.45) is 0.919. The molecule has 0 atom stereocenters. The maximum absolute atomic E-state index is 9.96. The van der Waals surface area contributed by atoms with E-state index < -0.39 is 0 Å². The fourth-order valence-electron chi connectivity index (χ4n) is 1.98. The van der Waals surface area contributed by atoms with Gasteiger partial charge in [0.1, 0.15) is 0 Å². The first-order valence-electron chi connectivity index (χ1n) is 6.50. The van der Waals surface area contributed by atoms with Crippen molar-refractivity contribution in [1.29, 1.82) is 0 Å². The molecular weight excluding hydrogens is 274 g/mol. The van der Waals surface area contributed by atoms with Crippen LogP contribution in [0.4, 0.5) is 0 Å². The quantitative estimate of drug-likeness (QED) is 0.802. The zero-order valence-electron chi connectivity index (χ0n) is 11.4. The summed E-state index contributed by atoms with van der Waals surface area (Å²) in [6, 6.07) is 13.3. The molecule has 0 aromatic heterocycles. The number of phenolic OH excluding ortho intramolecular Hbond substituents is 1. The Morgan fingerprint density at radius 3 is 2.60 bits per heavy atom. The second kappa shape index (κ2) is 7.17. The van der Waals surface area contributed by atoms with Crippen LogP contribution in [0, 0.1) is 0 Å². The summed E-state index contributed by atoms with van der Waals surface area (Å²) in [7, 11) is 1.55. The highest BCUT2D eigenvalue weighted by Crippen LogP contribution is 2.29. The third kappa shape index (κ3) is 3.89. The fourth-order valence-corrected chi connectivity index (χ4v) is 2.11. The molecule has 0 heterocycles. The standard InChI is InChI=1S/C16H18ClNO2/c1-20-15-4-2-3-13(16(15)19)11-18-10-9-12-5-7-14(17)8-6-12/h2-8,18-19H,9-11H2,1H3. The molecule has 0 aliphatic heterocycles. The molecule has 0 fully saturated rings. The number of phenols is 1. The van der Waals surface area contributed by atoms with E-state index in [4.69, 9.17) is 16.3 Å². The lowest BCUT2D eigenvalue weighted by Crippen LogP contribution is -2.16. The molecule has 3 nitrogen and oxygen atoms in total. The van der Waals surface area contributed by atoms with Gasteiger partial charge in [-0.2, -0.15) is 0 Å². The number of methoxy groups -OCH3 is 1. The van der Waals surface area contributed by atoms with E-state index in [1.807, 2.05) is 36.4 Å². The second-order valence-electron chi connectivity index (χ2n) is 4.52. The van der Waals surface area contributed by atoms with Gasteiger partial charge in [-0.15, -0.1) is 0 Å². The molecule has 0 saturated heterocycles. The average molecular weight is 292 g/mol. The normalized spacial score (nSPS) is 10.5. The molecule has 0 bridgehead atoms. The van der Waals surface area contributed by atoms with E-state index in [-0.39, 0.29) is 5.75 Å². The van der Waals surface area contributed by atoms with E-state index in [1.54, 1.807) is 13.2 Å². The molecule has 0 saturated carbocycles. The first kappa shape index (κ1) is 14.7. The number of aromatic hydroxyl groups is 1. The van der Waals surface area contributed by atoms with Crippen LogP contribution in [0.5, 0.6) is 11.5 Å². The van der Waals surface area contributed by atoms with Gasteiger partial charge in [-0.05, 0) is 36.7 Å². The van der Waals surface area contributed by atoms with Crippen LogP contribution >= 0.6 is 11.6 Å². The maximum atomic E-state index is 9.96. The zero-order valence-corrected chi connectivity index (χ0v) is 12.2. The monoisotopic (exact) mass is 291 g/mol. The van der Waals surface area contributed by atoms with Gasteiger partial charge in [0.2, 0.25) is 0 Å². The van der Waals surface area contributed by atoms with Crippen molar-refractivity contribution in [3.05, 3.63) is 58.6 Å². The highest BCUT2D eigenvalue weighted by atomic mass is 35.5. The molecule has 4 heteroatoms. The largest absolute Gasteiger partial charge is 0.504 e. The van der Waals surface area contributed by atoms with Crippen LogP contribution in [0.3, 0.4) is 0 Å². The Hall–Kier alpha value is -1.71. The summed E-state index contributed by atoms with van der Waals surface area (Å²) in [4.78, 5) is 0. The van der Waals surface area contributed by atoms with Gasteiger partial charge in [-0.3, -0.25) is 0 Å². The molecule has 2 aromatic carbocycles. The van der Waals surface area contributed by atoms with Crippen molar-refractivity contribution in [3.8, 4) is 11.5 Å². The summed E-state index contributed by atoms with van der Waals surface area (Å²) in [6.45, 7) is 1.44. The second-order valence-corrected chi connectivity index (χ2v) is 4.96. The molecule has 0 amide bonds. The lowest BCUT2D eigenvalue weighted by molar-refractivity contribution is 0.369. The molecule has 0 aliphatic rings. The Morgan fingerprint density at radius 2 is 1.90 bits per heavy atom. The molecule has 0 aliphatic carbocycles. The minimum atomic E-state index is 0.203. The topological polar surface area (TPSA) is 41.5 Å². The predicted molar refractivity (Wildman–Crippen MR) is 81.5 cm³/mol. The average Bonchev–Trinajstić information content (AvgIpc) is 2.47. The molecule has 0 unspecified atom stereocenters. The molecule has 2 N–H and O–H groups in total. The number of rotatable bonds is 6. The summed E-state index contributed by atoms with van der Waals surface area (Å²) in [5, 5.41) is 14.0. The van der Waals surface area contributed by atoms with Crippen molar-refractivity contribution in [2.75, 3.05) is 13.7 Å². The van der Waals surface area contributed by atoms with E-state index in [2.05, 4.69) is 5.32 Å². The van der Waals surface area contributed by atoms with Crippen LogP contribution in [0.1, 0.15) is 11.1 Å². The summed E-state index contributed by atoms with van der Waals surface area (Å²) < 4.78 is 5.08. The molecule has 2 rings (SSSR count). The van der Waals surface area contributed by atoms with Crippen molar-refractivity contribution in [3.63, 3.8) is 0 Å². The molecule has 2 aromatic rings. The molecule has 106 valence electrons. The van der Waals surface area contributed by atoms with Crippen molar-refractivity contribution >= 4 is 11.6 Å². The summed E-state index contributed by atoms with van der Waals surface area (Å²) in [5.41, 5.74) is 2.07. The van der Waals surface area contributed by atoms with Gasteiger partial charge in [-0.1, -0.05) is 35.9 Å². The first-order valence-corrected chi connectivity index (χ1v) is 6.88. The van der Waals surface area contributed by atoms with Crippen LogP contribution in [-0.2, 0) is 13.0 Å². The zero-order chi connectivity index (χ0) is 14.4. The molecule has 20 heavy (non-hydrogen) atoms. The van der Waals surface area contributed by atoms with E-state index in [0.29, 0.717) is 12.3 Å². The summed E-state index contributed by atoms with van der Waals surface area (Å²) >= 11 is 5.84. The van der Waals surface area contributed by atoms with E-state index in [1.165, 1.54) is 5.56 Å². The maximum Gasteiger partial charge on any atom is 0.162 e. The van der Waals surface area contributed by atoms with Crippen LogP contribution in [0.2, 0.25) is 5.02 Å². The van der Waals surface area contributed by atoms with E-state index >= 15 is 0 Å². The smallest absolute Gasteiger partial charge is 0.162 e. The Labute approximate surface area is 124 Å². The Balaban J connectivity index is 1.83. The van der Waals surface area contributed by atoms with Gasteiger partial charge in [0.25, 0.3) is 0 Å². The highest BCUT2D eigenvalue weighted by molar-refractivity contribution is 6.30. The van der Waals surface area contributed by atoms with E-state index in [9.17, 15) is 5.11 Å². The predicted octanol–water partition coefficient (Wildman–Crippen LogP) is 3.39. The lowest BCUT2D eigenvalue weighted by Gasteiger charge is -2.10. The van der Waals surface area contributed by atoms with Gasteiger partial charge >= 0.3 is 0 Å². The minimum Gasteiger partial charge on any atom is -0.504 e. The van der Waals surface area contributed by atoms with Crippen LogP contribution in [-0.4, -0.2) is 18.8 Å². The van der Waals surface area contributed by atoms with Crippen LogP contribution in [0.25, 0.3) is 0 Å². The van der Waals surface area contributed by atoms with Gasteiger partial charge in [0.05, 0.1) is 7.11 Å². The SMILES string of the molecule is COc1cccc(CNCCc2ccc(Cl)cc2)c1O. The Kier molecular flexibility index (Phi) is 5.27. The minimum absolute atomic E-state index is 0.203. The molecule has 0 radical (unpaired) electrons. The number of halogens is 1. The van der Waals surface area contributed by atoms with Crippen LogP contribution in [0.15, 0.2) is 42.5 Å². The number of hydrogen-bond acceptors (Lipinski definition) is 3. The van der Waals surface area contributed by atoms with E-state index in [0.717, 1.165) is 23.6 Å². The first-order chi connectivity index (χ1) is 9.70. The van der Waals surface area contributed by atoms with Gasteiger partial charge in [0, 0.05) is 17.1 Å². The van der Waals surface area contributed by atoms with Crippen molar-refractivity contribution in [2.45, 2.75) is 13.0 Å².